The number of likely N-dealkylation sites (N-methyl/N-ethyl adjacent to an activating group) is 1. The van der Waals surface area contributed by atoms with Crippen LogP contribution in [0.5, 0.6) is 11.5 Å². The largest absolute Gasteiger partial charge is 0.454 e. The normalized spacial score (nSPS) is 33.9. The van der Waals surface area contributed by atoms with Gasteiger partial charge in [-0.1, -0.05) is 58.0 Å². The Morgan fingerprint density at radius 3 is 2.61 bits per heavy atom. The van der Waals surface area contributed by atoms with Crippen LogP contribution in [0.2, 0.25) is 0 Å². The van der Waals surface area contributed by atoms with E-state index < -0.39 is 21.2 Å². The van der Waals surface area contributed by atoms with Gasteiger partial charge in [0.2, 0.25) is 6.79 Å². The second-order valence-electron chi connectivity index (χ2n) is 9.16. The fourth-order valence-electron chi connectivity index (χ4n) is 5.52. The molecular formula is C24H21N3O4S2. The van der Waals surface area contributed by atoms with Gasteiger partial charge in [-0.2, -0.15) is 5.26 Å². The predicted octanol–water partition coefficient (Wildman–Crippen LogP) is 3.72. The van der Waals surface area contributed by atoms with E-state index >= 15 is 0 Å². The standard InChI is InChI=1S/C24H21N3O4S2/c1-22(13-25)12-24-20(28)26(2)23(32-33-24,11-15-6-4-3-5-7-15)21(29)27(24)19(22)16-8-9-17-18(10-16)31-14-30-17/h3-10,19H,11-12,14H2,1-2H3. The first-order chi connectivity index (χ1) is 15.8. The summed E-state index contributed by atoms with van der Waals surface area (Å²) in [5.74, 6) is 0.982. The highest BCUT2D eigenvalue weighted by Crippen LogP contribution is 2.70. The quantitative estimate of drug-likeness (QED) is 0.621. The molecule has 5 aliphatic rings. The second kappa shape index (κ2) is 6.84. The number of amides is 2. The van der Waals surface area contributed by atoms with Crippen LogP contribution >= 0.6 is 21.6 Å². The molecule has 7 rings (SSSR count). The van der Waals surface area contributed by atoms with Crippen molar-refractivity contribution >= 4 is 33.4 Å². The highest BCUT2D eigenvalue weighted by atomic mass is 33.1. The molecular weight excluding hydrogens is 458 g/mol. The Labute approximate surface area is 199 Å². The molecule has 4 saturated heterocycles. The van der Waals surface area contributed by atoms with Crippen molar-refractivity contribution in [2.75, 3.05) is 13.8 Å². The van der Waals surface area contributed by atoms with E-state index in [1.165, 1.54) is 21.6 Å². The fraction of sp³-hybridized carbons (Fsp3) is 0.375. The molecule has 2 aromatic carbocycles. The number of piperazine rings is 1. The molecule has 9 heteroatoms. The highest BCUT2D eigenvalue weighted by Gasteiger charge is 2.75. The lowest BCUT2D eigenvalue weighted by atomic mass is 9.79. The van der Waals surface area contributed by atoms with Gasteiger partial charge in [0.15, 0.2) is 21.2 Å². The average molecular weight is 480 g/mol. The van der Waals surface area contributed by atoms with Crippen molar-refractivity contribution in [1.82, 2.24) is 9.80 Å². The minimum absolute atomic E-state index is 0.119. The molecule has 5 aliphatic heterocycles. The van der Waals surface area contributed by atoms with E-state index in [2.05, 4.69) is 6.07 Å². The van der Waals surface area contributed by atoms with Crippen LogP contribution in [0.25, 0.3) is 0 Å². The molecule has 2 bridgehead atoms. The molecule has 4 atom stereocenters. The van der Waals surface area contributed by atoms with Crippen LogP contribution in [0, 0.1) is 16.7 Å². The third-order valence-electron chi connectivity index (χ3n) is 7.16. The van der Waals surface area contributed by atoms with Gasteiger partial charge in [0, 0.05) is 19.9 Å². The fourth-order valence-corrected chi connectivity index (χ4v) is 9.41. The Hall–Kier alpha value is -2.83. The second-order valence-corrected chi connectivity index (χ2v) is 11.8. The number of benzene rings is 2. The third kappa shape index (κ3) is 2.59. The number of rotatable bonds is 3. The van der Waals surface area contributed by atoms with Crippen molar-refractivity contribution in [2.24, 2.45) is 5.41 Å². The molecule has 2 aromatic rings. The van der Waals surface area contributed by atoms with Crippen LogP contribution in [0.15, 0.2) is 48.5 Å². The van der Waals surface area contributed by atoms with Crippen LogP contribution in [0.4, 0.5) is 0 Å². The SMILES string of the molecule is CN1C(=O)C23CC(C)(C#N)C(c4ccc5c(c4)OCO5)N2C(=O)C1(Cc1ccccc1)SS3. The minimum atomic E-state index is -1.11. The molecule has 0 N–H and O–H groups in total. The van der Waals surface area contributed by atoms with Crippen molar-refractivity contribution in [3.8, 4) is 17.6 Å². The Morgan fingerprint density at radius 2 is 1.85 bits per heavy atom. The van der Waals surface area contributed by atoms with E-state index in [1.807, 2.05) is 55.5 Å². The van der Waals surface area contributed by atoms with Gasteiger partial charge in [0.25, 0.3) is 11.8 Å². The van der Waals surface area contributed by atoms with Crippen LogP contribution < -0.4 is 9.47 Å². The predicted molar refractivity (Wildman–Crippen MR) is 124 cm³/mol. The lowest BCUT2D eigenvalue weighted by Crippen LogP contribution is -2.75. The third-order valence-corrected chi connectivity index (χ3v) is 10.8. The number of hydrogen-bond acceptors (Lipinski definition) is 7. The molecule has 5 heterocycles. The van der Waals surface area contributed by atoms with E-state index in [4.69, 9.17) is 9.47 Å². The monoisotopic (exact) mass is 479 g/mol. The molecule has 0 radical (unpaired) electrons. The van der Waals surface area contributed by atoms with E-state index in [0.29, 0.717) is 17.9 Å². The summed E-state index contributed by atoms with van der Waals surface area (Å²) in [5.41, 5.74) is 0.812. The number of carbonyl (C=O) groups is 2. The maximum atomic E-state index is 14.3. The Bertz CT molecular complexity index is 1230. The van der Waals surface area contributed by atoms with E-state index in [9.17, 15) is 14.9 Å². The zero-order valence-electron chi connectivity index (χ0n) is 18.1. The van der Waals surface area contributed by atoms with Crippen LogP contribution in [-0.4, -0.2) is 45.2 Å². The van der Waals surface area contributed by atoms with E-state index in [0.717, 1.165) is 11.1 Å². The Morgan fingerprint density at radius 1 is 1.09 bits per heavy atom. The summed E-state index contributed by atoms with van der Waals surface area (Å²) >= 11 is 0. The lowest BCUT2D eigenvalue weighted by Gasteiger charge is -2.58. The number of hydrogen-bond donors (Lipinski definition) is 0. The minimum Gasteiger partial charge on any atom is -0.454 e. The summed E-state index contributed by atoms with van der Waals surface area (Å²) in [6.45, 7) is 1.99. The molecule has 4 fully saturated rings. The summed E-state index contributed by atoms with van der Waals surface area (Å²) in [6, 6.07) is 17.1. The van der Waals surface area contributed by atoms with Crippen LogP contribution in [0.3, 0.4) is 0 Å². The van der Waals surface area contributed by atoms with Gasteiger partial charge >= 0.3 is 0 Å². The van der Waals surface area contributed by atoms with Crippen molar-refractivity contribution in [2.45, 2.75) is 35.5 Å². The summed E-state index contributed by atoms with van der Waals surface area (Å²) in [6.07, 6.45) is 0.667. The Kier molecular flexibility index (Phi) is 4.30. The lowest BCUT2D eigenvalue weighted by molar-refractivity contribution is -0.165. The van der Waals surface area contributed by atoms with Gasteiger partial charge in [-0.15, -0.1) is 0 Å². The average Bonchev–Trinajstić information content (AvgIpc) is 3.40. The molecule has 0 aromatic heterocycles. The molecule has 0 saturated carbocycles. The molecule has 168 valence electrons. The van der Waals surface area contributed by atoms with Crippen molar-refractivity contribution < 1.29 is 19.1 Å². The maximum absolute atomic E-state index is 14.3. The van der Waals surface area contributed by atoms with Gasteiger partial charge in [-0.05, 0) is 30.2 Å². The van der Waals surface area contributed by atoms with Crippen molar-refractivity contribution in [3.63, 3.8) is 0 Å². The topological polar surface area (TPSA) is 82.9 Å². The van der Waals surface area contributed by atoms with Gasteiger partial charge in [-0.3, -0.25) is 9.59 Å². The first-order valence-electron chi connectivity index (χ1n) is 10.7. The number of fused-ring (bicyclic) bond motifs is 3. The van der Waals surface area contributed by atoms with Crippen molar-refractivity contribution in [3.05, 3.63) is 59.7 Å². The van der Waals surface area contributed by atoms with Gasteiger partial charge in [0.1, 0.15) is 0 Å². The molecule has 0 aliphatic carbocycles. The van der Waals surface area contributed by atoms with E-state index in [1.54, 1.807) is 16.8 Å². The molecule has 33 heavy (non-hydrogen) atoms. The highest BCUT2D eigenvalue weighted by molar-refractivity contribution is 8.78. The number of nitrogens with zero attached hydrogens (tertiary/aromatic N) is 3. The zero-order valence-corrected chi connectivity index (χ0v) is 19.7. The molecule has 4 unspecified atom stereocenters. The summed E-state index contributed by atoms with van der Waals surface area (Å²) in [4.78, 5) is 29.3. The van der Waals surface area contributed by atoms with Crippen LogP contribution in [0.1, 0.15) is 30.5 Å². The summed E-state index contributed by atoms with van der Waals surface area (Å²) in [5, 5.41) is 10.3. The first-order valence-corrected chi connectivity index (χ1v) is 12.8. The molecule has 2 amide bonds. The molecule has 1 spiro atoms. The molecule has 7 nitrogen and oxygen atoms in total. The van der Waals surface area contributed by atoms with Crippen molar-refractivity contribution in [1.29, 1.82) is 5.26 Å². The maximum Gasteiger partial charge on any atom is 0.262 e. The van der Waals surface area contributed by atoms with Gasteiger partial charge in [0.05, 0.1) is 17.5 Å². The smallest absolute Gasteiger partial charge is 0.262 e. The summed E-state index contributed by atoms with van der Waals surface area (Å²) < 4.78 is 11.0. The van der Waals surface area contributed by atoms with Gasteiger partial charge < -0.3 is 19.3 Å². The number of nitriles is 1. The van der Waals surface area contributed by atoms with Crippen LogP contribution in [-0.2, 0) is 16.0 Å². The van der Waals surface area contributed by atoms with Gasteiger partial charge in [-0.25, -0.2) is 0 Å². The number of ether oxygens (including phenoxy) is 2. The number of carbonyl (C=O) groups excluding carboxylic acids is 2. The Balaban J connectivity index is 1.50. The van der Waals surface area contributed by atoms with E-state index in [-0.39, 0.29) is 25.0 Å². The first kappa shape index (κ1) is 20.8. The summed E-state index contributed by atoms with van der Waals surface area (Å²) in [7, 11) is 4.59. The zero-order chi connectivity index (χ0) is 23.0.